The van der Waals surface area contributed by atoms with Crippen molar-refractivity contribution >= 4 is 16.7 Å². The molecule has 0 spiro atoms. The number of nitrogens with two attached hydrogens (primary N) is 1. The lowest BCUT2D eigenvalue weighted by atomic mass is 10.3. The summed E-state index contributed by atoms with van der Waals surface area (Å²) in [6, 6.07) is -0.461. The molecule has 3 N–H and O–H groups in total. The normalized spacial score (nSPS) is 15.2. The largest absolute Gasteiger partial charge is 0.355 e. The van der Waals surface area contributed by atoms with E-state index in [1.165, 1.54) is 0 Å². The molecule has 2 unspecified atom stereocenters. The van der Waals surface area contributed by atoms with Crippen LogP contribution in [0.1, 0.15) is 13.3 Å². The minimum absolute atomic E-state index is 0.156. The summed E-state index contributed by atoms with van der Waals surface area (Å²) >= 11 is 0. The first kappa shape index (κ1) is 11.6. The van der Waals surface area contributed by atoms with Gasteiger partial charge >= 0.3 is 0 Å². The van der Waals surface area contributed by atoms with Crippen LogP contribution in [0.3, 0.4) is 0 Å². The minimum atomic E-state index is -0.774. The Bertz CT molecular complexity index is 171. The van der Waals surface area contributed by atoms with Crippen molar-refractivity contribution in [1.29, 1.82) is 0 Å². The lowest BCUT2D eigenvalue weighted by Crippen LogP contribution is -2.38. The van der Waals surface area contributed by atoms with E-state index in [1.807, 2.05) is 0 Å². The van der Waals surface area contributed by atoms with Crippen molar-refractivity contribution in [1.82, 2.24) is 5.32 Å². The molecule has 0 saturated carbocycles. The fourth-order valence-electron chi connectivity index (χ4n) is 0.648. The van der Waals surface area contributed by atoms with Crippen molar-refractivity contribution in [2.24, 2.45) is 5.73 Å². The van der Waals surface area contributed by atoms with Gasteiger partial charge < -0.3 is 11.1 Å². The molecule has 0 aliphatic rings. The van der Waals surface area contributed by atoms with Crippen molar-refractivity contribution in [3.8, 4) is 0 Å². The first-order valence-electron chi connectivity index (χ1n) is 3.87. The van der Waals surface area contributed by atoms with Gasteiger partial charge in [0.1, 0.15) is 0 Å². The lowest BCUT2D eigenvalue weighted by molar-refractivity contribution is -0.121. The molecule has 0 aliphatic heterocycles. The summed E-state index contributed by atoms with van der Waals surface area (Å²) in [6.45, 7) is 2.19. The number of carbonyl (C=O) groups excluding carboxylic acids is 1. The molecule has 0 aromatic carbocycles. The van der Waals surface area contributed by atoms with E-state index in [1.54, 1.807) is 13.2 Å². The molecule has 0 aromatic heterocycles. The minimum Gasteiger partial charge on any atom is -0.355 e. The molecule has 12 heavy (non-hydrogen) atoms. The SMILES string of the molecule is CC(N)C(=O)NCCCS(C)=O. The van der Waals surface area contributed by atoms with E-state index in [0.717, 1.165) is 6.42 Å². The van der Waals surface area contributed by atoms with Crippen LogP contribution < -0.4 is 11.1 Å². The third-order valence-corrected chi connectivity index (χ3v) is 2.18. The van der Waals surface area contributed by atoms with Crippen LogP contribution in [0.5, 0.6) is 0 Å². The summed E-state index contributed by atoms with van der Waals surface area (Å²) in [5, 5.41) is 2.64. The molecule has 2 atom stereocenters. The van der Waals surface area contributed by atoms with Gasteiger partial charge in [0, 0.05) is 29.4 Å². The van der Waals surface area contributed by atoms with Gasteiger partial charge in [-0.2, -0.15) is 0 Å². The molecule has 0 fully saturated rings. The van der Waals surface area contributed by atoms with Crippen LogP contribution in [0.2, 0.25) is 0 Å². The average molecular weight is 192 g/mol. The molecule has 4 nitrogen and oxygen atoms in total. The fourth-order valence-corrected chi connectivity index (χ4v) is 1.20. The Morgan fingerprint density at radius 2 is 2.25 bits per heavy atom. The van der Waals surface area contributed by atoms with Gasteiger partial charge in [-0.05, 0) is 13.3 Å². The predicted octanol–water partition coefficient (Wildman–Crippen LogP) is -0.782. The van der Waals surface area contributed by atoms with Crippen molar-refractivity contribution in [3.05, 3.63) is 0 Å². The molecule has 72 valence electrons. The zero-order valence-corrected chi connectivity index (χ0v) is 8.32. The Kier molecular flexibility index (Phi) is 5.92. The molecule has 5 heteroatoms. The first-order chi connectivity index (χ1) is 5.54. The number of nitrogens with one attached hydrogen (secondary N) is 1. The van der Waals surface area contributed by atoms with Gasteiger partial charge in [0.2, 0.25) is 5.91 Å². The Hall–Kier alpha value is -0.420. The predicted molar refractivity (Wildman–Crippen MR) is 50.2 cm³/mol. The smallest absolute Gasteiger partial charge is 0.236 e. The fraction of sp³-hybridized carbons (Fsp3) is 0.857. The lowest BCUT2D eigenvalue weighted by Gasteiger charge is -2.06. The maximum Gasteiger partial charge on any atom is 0.236 e. The van der Waals surface area contributed by atoms with Crippen LogP contribution in [-0.4, -0.2) is 34.7 Å². The van der Waals surface area contributed by atoms with Crippen molar-refractivity contribution in [3.63, 3.8) is 0 Å². The summed E-state index contributed by atoms with van der Waals surface area (Å²) in [4.78, 5) is 10.9. The van der Waals surface area contributed by atoms with Crippen LogP contribution in [0.4, 0.5) is 0 Å². The highest BCUT2D eigenvalue weighted by Gasteiger charge is 2.04. The van der Waals surface area contributed by atoms with E-state index in [0.29, 0.717) is 12.3 Å². The first-order valence-corrected chi connectivity index (χ1v) is 5.60. The quantitative estimate of drug-likeness (QED) is 0.561. The molecule has 0 radical (unpaired) electrons. The molecule has 0 aromatic rings. The van der Waals surface area contributed by atoms with Gasteiger partial charge in [0.15, 0.2) is 0 Å². The molecule has 0 bridgehead atoms. The van der Waals surface area contributed by atoms with Crippen LogP contribution >= 0.6 is 0 Å². The Balaban J connectivity index is 3.32. The summed E-state index contributed by atoms with van der Waals surface area (Å²) in [7, 11) is -0.774. The average Bonchev–Trinajstić information content (AvgIpc) is 1.97. The highest BCUT2D eigenvalue weighted by atomic mass is 32.2. The third-order valence-electron chi connectivity index (χ3n) is 1.32. The van der Waals surface area contributed by atoms with Gasteiger partial charge in [-0.3, -0.25) is 9.00 Å². The van der Waals surface area contributed by atoms with E-state index in [2.05, 4.69) is 5.32 Å². The number of hydrogen-bond donors (Lipinski definition) is 2. The summed E-state index contributed by atoms with van der Waals surface area (Å²) in [6.07, 6.45) is 2.38. The molecule has 0 heterocycles. The molecular weight excluding hydrogens is 176 g/mol. The second kappa shape index (κ2) is 6.14. The molecule has 1 amide bonds. The van der Waals surface area contributed by atoms with Gasteiger partial charge in [0.05, 0.1) is 6.04 Å². The van der Waals surface area contributed by atoms with E-state index in [4.69, 9.17) is 5.73 Å². The van der Waals surface area contributed by atoms with Gasteiger partial charge in [-0.15, -0.1) is 0 Å². The number of amides is 1. The molecule has 0 aliphatic carbocycles. The number of rotatable bonds is 5. The zero-order valence-electron chi connectivity index (χ0n) is 7.50. The van der Waals surface area contributed by atoms with Crippen LogP contribution in [-0.2, 0) is 15.6 Å². The summed E-state index contributed by atoms with van der Waals surface area (Å²) in [5.41, 5.74) is 5.31. The topological polar surface area (TPSA) is 72.2 Å². The highest BCUT2D eigenvalue weighted by Crippen LogP contribution is 1.82. The maximum atomic E-state index is 10.9. The number of hydrogen-bond acceptors (Lipinski definition) is 3. The van der Waals surface area contributed by atoms with E-state index >= 15 is 0 Å². The van der Waals surface area contributed by atoms with Gasteiger partial charge in [0.25, 0.3) is 0 Å². The van der Waals surface area contributed by atoms with Crippen LogP contribution in [0.25, 0.3) is 0 Å². The van der Waals surface area contributed by atoms with Crippen molar-refractivity contribution in [2.75, 3.05) is 18.6 Å². The van der Waals surface area contributed by atoms with Gasteiger partial charge in [-0.1, -0.05) is 0 Å². The van der Waals surface area contributed by atoms with Crippen LogP contribution in [0.15, 0.2) is 0 Å². The van der Waals surface area contributed by atoms with Gasteiger partial charge in [-0.25, -0.2) is 0 Å². The standard InChI is InChI=1S/C7H16N2O2S/c1-6(8)7(10)9-4-3-5-12(2)11/h6H,3-5,8H2,1-2H3,(H,9,10). The second-order valence-electron chi connectivity index (χ2n) is 2.71. The molecule has 0 rings (SSSR count). The highest BCUT2D eigenvalue weighted by molar-refractivity contribution is 7.84. The van der Waals surface area contributed by atoms with Crippen LogP contribution in [0, 0.1) is 0 Å². The second-order valence-corrected chi connectivity index (χ2v) is 4.27. The molecule has 0 saturated heterocycles. The summed E-state index contributed by atoms with van der Waals surface area (Å²) < 4.78 is 10.6. The third kappa shape index (κ3) is 6.30. The van der Waals surface area contributed by atoms with E-state index in [9.17, 15) is 9.00 Å². The Labute approximate surface area is 75.4 Å². The van der Waals surface area contributed by atoms with E-state index in [-0.39, 0.29) is 5.91 Å². The molecular formula is C7H16N2O2S. The maximum absolute atomic E-state index is 10.9. The Morgan fingerprint density at radius 1 is 1.67 bits per heavy atom. The monoisotopic (exact) mass is 192 g/mol. The van der Waals surface area contributed by atoms with Crippen molar-refractivity contribution < 1.29 is 9.00 Å². The Morgan fingerprint density at radius 3 is 2.67 bits per heavy atom. The summed E-state index contributed by atoms with van der Waals surface area (Å²) in [5.74, 6) is 0.469. The zero-order chi connectivity index (χ0) is 9.56. The van der Waals surface area contributed by atoms with E-state index < -0.39 is 16.8 Å². The number of carbonyl (C=O) groups is 1. The van der Waals surface area contributed by atoms with Crippen molar-refractivity contribution in [2.45, 2.75) is 19.4 Å².